The van der Waals surface area contributed by atoms with Crippen molar-refractivity contribution in [1.82, 2.24) is 15.1 Å². The summed E-state index contributed by atoms with van der Waals surface area (Å²) in [5.74, 6) is 0.277. The first-order valence-corrected chi connectivity index (χ1v) is 9.05. The Bertz CT molecular complexity index is 703. The lowest BCUT2D eigenvalue weighted by atomic mass is 9.93. The zero-order valence-corrected chi connectivity index (χ0v) is 15.4. The summed E-state index contributed by atoms with van der Waals surface area (Å²) in [4.78, 5) is 40.7. The van der Waals surface area contributed by atoms with Crippen molar-refractivity contribution in [2.75, 3.05) is 19.6 Å². The zero-order valence-electron chi connectivity index (χ0n) is 15.4. The molecule has 1 aromatic carbocycles. The first-order valence-electron chi connectivity index (χ1n) is 9.05. The van der Waals surface area contributed by atoms with Crippen molar-refractivity contribution < 1.29 is 19.1 Å². The van der Waals surface area contributed by atoms with Gasteiger partial charge in [-0.25, -0.2) is 4.79 Å². The maximum Gasteiger partial charge on any atom is 0.415 e. The van der Waals surface area contributed by atoms with Gasteiger partial charge < -0.3 is 19.9 Å². The smallest absolute Gasteiger partial charge is 0.410 e. The van der Waals surface area contributed by atoms with Crippen LogP contribution in [0, 0.1) is 12.8 Å². The summed E-state index contributed by atoms with van der Waals surface area (Å²) < 4.78 is 5.38. The van der Waals surface area contributed by atoms with E-state index >= 15 is 0 Å². The molecule has 0 unspecified atom stereocenters. The van der Waals surface area contributed by atoms with Gasteiger partial charge in [0.2, 0.25) is 11.8 Å². The number of nitrogens with zero attached hydrogens (tertiary/aromatic N) is 2. The fraction of sp³-hybridized carbons (Fsp3) is 0.526. The van der Waals surface area contributed by atoms with Gasteiger partial charge in [-0.05, 0) is 25.0 Å². The van der Waals surface area contributed by atoms with Gasteiger partial charge in [0.05, 0.1) is 6.54 Å². The average molecular weight is 359 g/mol. The molecule has 2 fully saturated rings. The molecule has 1 aromatic rings. The third-order valence-corrected chi connectivity index (χ3v) is 5.23. The van der Waals surface area contributed by atoms with Gasteiger partial charge in [0, 0.05) is 13.1 Å². The molecule has 140 valence electrons. The number of carbonyl (C=O) groups is 3. The Morgan fingerprint density at radius 1 is 1.27 bits per heavy atom. The van der Waals surface area contributed by atoms with Gasteiger partial charge in [-0.2, -0.15) is 0 Å². The van der Waals surface area contributed by atoms with Crippen LogP contribution < -0.4 is 10.1 Å². The van der Waals surface area contributed by atoms with Gasteiger partial charge in [-0.15, -0.1) is 0 Å². The molecule has 0 spiro atoms. The number of carbonyl (C=O) groups excluding carboxylic acids is 3. The van der Waals surface area contributed by atoms with Crippen molar-refractivity contribution in [3.8, 4) is 5.75 Å². The first-order chi connectivity index (χ1) is 12.4. The molecule has 0 aliphatic carbocycles. The summed E-state index contributed by atoms with van der Waals surface area (Å²) in [5, 5.41) is 2.82. The van der Waals surface area contributed by atoms with Crippen LogP contribution in [-0.4, -0.2) is 59.4 Å². The largest absolute Gasteiger partial charge is 0.415 e. The molecule has 7 nitrogen and oxygen atoms in total. The molecule has 0 saturated carbocycles. The van der Waals surface area contributed by atoms with Crippen LogP contribution in [0.4, 0.5) is 4.79 Å². The molecule has 7 heteroatoms. The standard InChI is InChI=1S/C19H25N3O4/c1-4-13(3)16-18(24)22-10-9-21(11-15(22)17(23)20-16)19(25)26-14-7-5-12(2)6-8-14/h5-8,13,15-16H,4,9-11H2,1-3H3,(H,20,23)/t13-,15+,16-/m0/s1. The van der Waals surface area contributed by atoms with Crippen LogP contribution in [0.5, 0.6) is 5.75 Å². The number of hydrogen-bond acceptors (Lipinski definition) is 4. The summed E-state index contributed by atoms with van der Waals surface area (Å²) in [6.07, 6.45) is 0.308. The summed E-state index contributed by atoms with van der Waals surface area (Å²) >= 11 is 0. The van der Waals surface area contributed by atoms with E-state index in [0.29, 0.717) is 18.8 Å². The first kappa shape index (κ1) is 18.2. The molecule has 3 rings (SSSR count). The number of fused-ring (bicyclic) bond motifs is 1. The van der Waals surface area contributed by atoms with E-state index in [1.165, 1.54) is 4.90 Å². The van der Waals surface area contributed by atoms with Crippen molar-refractivity contribution in [3.05, 3.63) is 29.8 Å². The second kappa shape index (κ2) is 7.35. The number of ether oxygens (including phenoxy) is 1. The van der Waals surface area contributed by atoms with Crippen molar-refractivity contribution >= 4 is 17.9 Å². The quantitative estimate of drug-likeness (QED) is 0.888. The predicted octanol–water partition coefficient (Wildman–Crippen LogP) is 1.55. The highest BCUT2D eigenvalue weighted by atomic mass is 16.6. The Morgan fingerprint density at radius 3 is 2.62 bits per heavy atom. The Kier molecular flexibility index (Phi) is 5.15. The number of amides is 3. The number of nitrogens with one attached hydrogen (secondary N) is 1. The van der Waals surface area contributed by atoms with E-state index in [0.717, 1.165) is 12.0 Å². The van der Waals surface area contributed by atoms with Gasteiger partial charge in [-0.3, -0.25) is 9.59 Å². The highest BCUT2D eigenvalue weighted by molar-refractivity contribution is 5.97. The second-order valence-electron chi connectivity index (χ2n) is 7.05. The zero-order chi connectivity index (χ0) is 18.8. The highest BCUT2D eigenvalue weighted by Crippen LogP contribution is 2.22. The number of hydrogen-bond donors (Lipinski definition) is 1. The van der Waals surface area contributed by atoms with Gasteiger partial charge >= 0.3 is 6.09 Å². The van der Waals surface area contributed by atoms with Crippen LogP contribution in [0.2, 0.25) is 0 Å². The highest BCUT2D eigenvalue weighted by Gasteiger charge is 2.45. The van der Waals surface area contributed by atoms with Crippen molar-refractivity contribution in [2.24, 2.45) is 5.92 Å². The number of rotatable bonds is 3. The molecule has 2 saturated heterocycles. The number of piperazine rings is 2. The van der Waals surface area contributed by atoms with Gasteiger partial charge in [-0.1, -0.05) is 38.0 Å². The molecule has 0 radical (unpaired) electrons. The Balaban J connectivity index is 1.66. The molecular formula is C19H25N3O4. The van der Waals surface area contributed by atoms with E-state index < -0.39 is 18.2 Å². The van der Waals surface area contributed by atoms with Crippen molar-refractivity contribution in [2.45, 2.75) is 39.3 Å². The maximum atomic E-state index is 12.7. The molecule has 1 N–H and O–H groups in total. The van der Waals surface area contributed by atoms with Crippen molar-refractivity contribution in [1.29, 1.82) is 0 Å². The summed E-state index contributed by atoms with van der Waals surface area (Å²) in [6.45, 7) is 6.75. The van der Waals surface area contributed by atoms with E-state index in [1.54, 1.807) is 17.0 Å². The minimum absolute atomic E-state index is 0.0597. The van der Waals surface area contributed by atoms with Crippen LogP contribution in [-0.2, 0) is 9.59 Å². The molecule has 2 heterocycles. The van der Waals surface area contributed by atoms with Crippen LogP contribution in [0.15, 0.2) is 24.3 Å². The average Bonchev–Trinajstić information content (AvgIpc) is 2.65. The lowest BCUT2D eigenvalue weighted by molar-refractivity contribution is -0.153. The summed E-state index contributed by atoms with van der Waals surface area (Å²) in [7, 11) is 0. The Hall–Kier alpha value is -2.57. The number of aryl methyl sites for hydroxylation is 1. The molecular weight excluding hydrogens is 334 g/mol. The molecule has 2 aliphatic heterocycles. The topological polar surface area (TPSA) is 79.0 Å². The summed E-state index contributed by atoms with van der Waals surface area (Å²) in [6, 6.07) is 6.07. The molecule has 2 aliphatic rings. The Morgan fingerprint density at radius 2 is 1.96 bits per heavy atom. The SMILES string of the molecule is CC[C@H](C)[C@@H]1NC(=O)[C@H]2CN(C(=O)Oc3ccc(C)cc3)CCN2C1=O. The van der Waals surface area contributed by atoms with E-state index in [-0.39, 0.29) is 24.3 Å². The lowest BCUT2D eigenvalue weighted by Gasteiger charge is -2.45. The third kappa shape index (κ3) is 3.52. The van der Waals surface area contributed by atoms with E-state index in [2.05, 4.69) is 5.32 Å². The molecule has 26 heavy (non-hydrogen) atoms. The normalized spacial score (nSPS) is 24.0. The van der Waals surface area contributed by atoms with Crippen molar-refractivity contribution in [3.63, 3.8) is 0 Å². The van der Waals surface area contributed by atoms with E-state index in [4.69, 9.17) is 4.74 Å². The fourth-order valence-corrected chi connectivity index (χ4v) is 3.32. The minimum atomic E-state index is -0.651. The second-order valence-corrected chi connectivity index (χ2v) is 7.05. The van der Waals surface area contributed by atoms with Crippen LogP contribution in [0.25, 0.3) is 0 Å². The fourth-order valence-electron chi connectivity index (χ4n) is 3.32. The van der Waals surface area contributed by atoms with Crippen LogP contribution in [0.1, 0.15) is 25.8 Å². The Labute approximate surface area is 153 Å². The van der Waals surface area contributed by atoms with Crippen LogP contribution in [0.3, 0.4) is 0 Å². The maximum absolute atomic E-state index is 12.7. The van der Waals surface area contributed by atoms with Gasteiger partial charge in [0.25, 0.3) is 0 Å². The van der Waals surface area contributed by atoms with Crippen LogP contribution >= 0.6 is 0 Å². The molecule has 3 amide bonds. The lowest BCUT2D eigenvalue weighted by Crippen LogP contribution is -2.70. The van der Waals surface area contributed by atoms with E-state index in [9.17, 15) is 14.4 Å². The predicted molar refractivity (Wildman–Crippen MR) is 95.7 cm³/mol. The van der Waals surface area contributed by atoms with Gasteiger partial charge in [0.15, 0.2) is 0 Å². The monoisotopic (exact) mass is 359 g/mol. The molecule has 0 aromatic heterocycles. The molecule has 0 bridgehead atoms. The molecule has 3 atom stereocenters. The van der Waals surface area contributed by atoms with E-state index in [1.807, 2.05) is 32.9 Å². The van der Waals surface area contributed by atoms with Gasteiger partial charge in [0.1, 0.15) is 17.8 Å². The summed E-state index contributed by atoms with van der Waals surface area (Å²) in [5.41, 5.74) is 1.08. The third-order valence-electron chi connectivity index (χ3n) is 5.23. The number of benzene rings is 1. The minimum Gasteiger partial charge on any atom is -0.410 e.